The quantitative estimate of drug-likeness (QED) is 0.523. The molecule has 3 heteroatoms. The van der Waals surface area contributed by atoms with E-state index in [0.29, 0.717) is 5.75 Å². The van der Waals surface area contributed by atoms with E-state index < -0.39 is 12.2 Å². The Hall–Kier alpha value is -2.88. The van der Waals surface area contributed by atoms with E-state index >= 15 is 0 Å². The van der Waals surface area contributed by atoms with Gasteiger partial charge in [-0.25, -0.2) is 0 Å². The van der Waals surface area contributed by atoms with Gasteiger partial charge >= 0.3 is 0 Å². The predicted octanol–water partition coefficient (Wildman–Crippen LogP) is 5.18. The van der Waals surface area contributed by atoms with Gasteiger partial charge in [-0.2, -0.15) is 0 Å². The lowest BCUT2D eigenvalue weighted by Gasteiger charge is -2.17. The molecule has 0 aliphatic rings. The minimum absolute atomic E-state index is 0.0582. The van der Waals surface area contributed by atoms with Crippen LogP contribution in [0.25, 0.3) is 11.1 Å². The van der Waals surface area contributed by atoms with Crippen LogP contribution in [0.4, 0.5) is 0 Å². The summed E-state index contributed by atoms with van der Waals surface area (Å²) in [6, 6.07) is 28.8. The van der Waals surface area contributed by atoms with Gasteiger partial charge in [0.1, 0.15) is 18.5 Å². The highest BCUT2D eigenvalue weighted by molar-refractivity contribution is 5.98. The molecule has 0 radical (unpaired) electrons. The van der Waals surface area contributed by atoms with E-state index in [1.165, 1.54) is 22.3 Å². The Bertz CT molecular complexity index is 913. The number of hydrogen-bond acceptors (Lipinski definition) is 3. The van der Waals surface area contributed by atoms with Crippen LogP contribution in [0.3, 0.4) is 0 Å². The van der Waals surface area contributed by atoms with E-state index in [1.54, 1.807) is 6.92 Å². The fourth-order valence-electron chi connectivity index (χ4n) is 3.32. The van der Waals surface area contributed by atoms with Gasteiger partial charge in [-0.1, -0.05) is 79.7 Å². The van der Waals surface area contributed by atoms with Crippen LogP contribution in [0.2, 0.25) is 0 Å². The molecular formula is C26H28O3. The van der Waals surface area contributed by atoms with E-state index in [-0.39, 0.29) is 6.61 Å². The molecule has 0 heterocycles. The van der Waals surface area contributed by atoms with Gasteiger partial charge in [0.15, 0.2) is 0 Å². The zero-order valence-corrected chi connectivity index (χ0v) is 17.0. The molecule has 2 unspecified atom stereocenters. The SMILES string of the molecule is CCC(=C(c1ccccc1)c1ccc(OCC(O)C(C)O)cc1)c1ccccc1. The molecule has 0 amide bonds. The summed E-state index contributed by atoms with van der Waals surface area (Å²) < 4.78 is 5.61. The third-order valence-corrected chi connectivity index (χ3v) is 4.96. The maximum atomic E-state index is 9.73. The van der Waals surface area contributed by atoms with Gasteiger partial charge in [0, 0.05) is 0 Å². The molecule has 2 atom stereocenters. The third-order valence-electron chi connectivity index (χ3n) is 4.96. The molecule has 0 aliphatic carbocycles. The van der Waals surface area contributed by atoms with Crippen molar-refractivity contribution >= 4 is 11.1 Å². The predicted molar refractivity (Wildman–Crippen MR) is 119 cm³/mol. The van der Waals surface area contributed by atoms with Crippen LogP contribution in [0.5, 0.6) is 5.75 Å². The first-order valence-corrected chi connectivity index (χ1v) is 10.0. The van der Waals surface area contributed by atoms with Crippen LogP contribution in [-0.4, -0.2) is 29.0 Å². The summed E-state index contributed by atoms with van der Waals surface area (Å²) in [7, 11) is 0. The Morgan fingerprint density at radius 1 is 0.759 bits per heavy atom. The normalized spacial score (nSPS) is 14.1. The first kappa shape index (κ1) is 20.8. The molecule has 0 aromatic heterocycles. The number of hydrogen-bond donors (Lipinski definition) is 2. The van der Waals surface area contributed by atoms with Crippen molar-refractivity contribution in [2.75, 3.05) is 6.61 Å². The van der Waals surface area contributed by atoms with Crippen molar-refractivity contribution in [2.45, 2.75) is 32.5 Å². The first-order valence-electron chi connectivity index (χ1n) is 10.0. The number of ether oxygens (including phenoxy) is 1. The van der Waals surface area contributed by atoms with Gasteiger partial charge < -0.3 is 14.9 Å². The number of aliphatic hydroxyl groups is 2. The standard InChI is InChI=1S/C26H28O3/c1-3-24(20-10-6-4-7-11-20)26(21-12-8-5-9-13-21)22-14-16-23(17-15-22)29-18-25(28)19(2)27/h4-17,19,25,27-28H,3,18H2,1-2H3. The molecule has 0 bridgehead atoms. The maximum absolute atomic E-state index is 9.73. The minimum atomic E-state index is -0.903. The number of allylic oxidation sites excluding steroid dienone is 1. The van der Waals surface area contributed by atoms with E-state index in [0.717, 1.165) is 12.0 Å². The van der Waals surface area contributed by atoms with Gasteiger partial charge in [-0.05, 0) is 53.3 Å². The lowest BCUT2D eigenvalue weighted by molar-refractivity contribution is 0.00227. The summed E-state index contributed by atoms with van der Waals surface area (Å²) in [5.74, 6) is 0.665. The molecule has 3 aromatic carbocycles. The minimum Gasteiger partial charge on any atom is -0.491 e. The average Bonchev–Trinajstić information content (AvgIpc) is 2.77. The summed E-state index contributed by atoms with van der Waals surface area (Å²) in [5, 5.41) is 19.1. The number of rotatable bonds is 8. The Kier molecular flexibility index (Phi) is 7.23. The monoisotopic (exact) mass is 388 g/mol. The van der Waals surface area contributed by atoms with Crippen molar-refractivity contribution in [3.63, 3.8) is 0 Å². The highest BCUT2D eigenvalue weighted by Gasteiger charge is 2.14. The van der Waals surface area contributed by atoms with Crippen LogP contribution in [0.15, 0.2) is 84.9 Å². The maximum Gasteiger partial charge on any atom is 0.119 e. The molecule has 0 fully saturated rings. The van der Waals surface area contributed by atoms with Crippen LogP contribution in [0.1, 0.15) is 37.0 Å². The van der Waals surface area contributed by atoms with Crippen LogP contribution >= 0.6 is 0 Å². The summed E-state index contributed by atoms with van der Waals surface area (Å²) >= 11 is 0. The number of benzene rings is 3. The summed E-state index contributed by atoms with van der Waals surface area (Å²) in [6.45, 7) is 3.78. The topological polar surface area (TPSA) is 49.7 Å². The molecule has 2 N–H and O–H groups in total. The summed E-state index contributed by atoms with van der Waals surface area (Å²) in [4.78, 5) is 0. The van der Waals surface area contributed by atoms with Gasteiger partial charge in [0.25, 0.3) is 0 Å². The molecule has 3 aromatic rings. The van der Waals surface area contributed by atoms with Crippen LogP contribution < -0.4 is 4.74 Å². The second-order valence-electron chi connectivity index (χ2n) is 7.08. The third kappa shape index (κ3) is 5.35. The van der Waals surface area contributed by atoms with Crippen molar-refractivity contribution in [1.82, 2.24) is 0 Å². The molecule has 0 aliphatic heterocycles. The van der Waals surface area contributed by atoms with E-state index in [1.807, 2.05) is 36.4 Å². The Balaban J connectivity index is 1.98. The average molecular weight is 389 g/mol. The van der Waals surface area contributed by atoms with E-state index in [9.17, 15) is 10.2 Å². The van der Waals surface area contributed by atoms with Crippen molar-refractivity contribution in [3.05, 3.63) is 102 Å². The van der Waals surface area contributed by atoms with Crippen molar-refractivity contribution in [1.29, 1.82) is 0 Å². The zero-order valence-electron chi connectivity index (χ0n) is 17.0. The first-order chi connectivity index (χ1) is 14.1. The van der Waals surface area contributed by atoms with Crippen molar-refractivity contribution in [3.8, 4) is 5.75 Å². The molecule has 3 nitrogen and oxygen atoms in total. The zero-order chi connectivity index (χ0) is 20.6. The lowest BCUT2D eigenvalue weighted by atomic mass is 9.88. The summed E-state index contributed by atoms with van der Waals surface area (Å²) in [5.41, 5.74) is 5.99. The Morgan fingerprint density at radius 3 is 1.79 bits per heavy atom. The van der Waals surface area contributed by atoms with Crippen LogP contribution in [0, 0.1) is 0 Å². The molecule has 0 saturated carbocycles. The Morgan fingerprint density at radius 2 is 1.28 bits per heavy atom. The lowest BCUT2D eigenvalue weighted by Crippen LogP contribution is -2.29. The fourth-order valence-corrected chi connectivity index (χ4v) is 3.32. The smallest absolute Gasteiger partial charge is 0.119 e. The fraction of sp³-hybridized carbons (Fsp3) is 0.231. The molecular weight excluding hydrogens is 360 g/mol. The van der Waals surface area contributed by atoms with Gasteiger partial charge in [-0.3, -0.25) is 0 Å². The van der Waals surface area contributed by atoms with Crippen molar-refractivity contribution < 1.29 is 14.9 Å². The van der Waals surface area contributed by atoms with E-state index in [4.69, 9.17) is 4.74 Å². The largest absolute Gasteiger partial charge is 0.491 e. The van der Waals surface area contributed by atoms with E-state index in [2.05, 4.69) is 55.5 Å². The van der Waals surface area contributed by atoms with Gasteiger partial charge in [0.2, 0.25) is 0 Å². The van der Waals surface area contributed by atoms with Crippen LogP contribution in [-0.2, 0) is 0 Å². The molecule has 3 rings (SSSR count). The second kappa shape index (κ2) is 10.1. The molecule has 0 saturated heterocycles. The van der Waals surface area contributed by atoms with Gasteiger partial charge in [-0.15, -0.1) is 0 Å². The Labute approximate surface area is 172 Å². The highest BCUT2D eigenvalue weighted by atomic mass is 16.5. The molecule has 150 valence electrons. The second-order valence-corrected chi connectivity index (χ2v) is 7.08. The van der Waals surface area contributed by atoms with Gasteiger partial charge in [0.05, 0.1) is 6.10 Å². The number of aliphatic hydroxyl groups excluding tert-OH is 2. The highest BCUT2D eigenvalue weighted by Crippen LogP contribution is 2.34. The molecule has 0 spiro atoms. The summed E-state index contributed by atoms with van der Waals surface area (Å²) in [6.07, 6.45) is -0.813. The molecule has 29 heavy (non-hydrogen) atoms. The van der Waals surface area contributed by atoms with Crippen molar-refractivity contribution in [2.24, 2.45) is 0 Å².